The van der Waals surface area contributed by atoms with E-state index in [-0.39, 0.29) is 0 Å². The molecule has 7 nitrogen and oxygen atoms in total. The summed E-state index contributed by atoms with van der Waals surface area (Å²) in [6.45, 7) is 6.21. The fraction of sp³-hybridized carbons (Fsp3) is 0.556. The van der Waals surface area contributed by atoms with Crippen molar-refractivity contribution in [1.29, 1.82) is 0 Å². The Hall–Kier alpha value is -1.57. The Labute approximate surface area is 103 Å². The Kier molecular flexibility index (Phi) is 4.50. The van der Waals surface area contributed by atoms with Gasteiger partial charge in [0.25, 0.3) is 0 Å². The minimum Gasteiger partial charge on any atom is -0.351 e. The predicted molar refractivity (Wildman–Crippen MR) is 63.5 cm³/mol. The molecule has 1 atom stereocenters. The zero-order valence-corrected chi connectivity index (χ0v) is 10.7. The van der Waals surface area contributed by atoms with Crippen LogP contribution in [-0.4, -0.2) is 32.0 Å². The molecule has 0 bridgehead atoms. The maximum absolute atomic E-state index is 11.5. The highest BCUT2D eigenvalue weighted by molar-refractivity contribution is 8.00. The van der Waals surface area contributed by atoms with Crippen LogP contribution < -0.4 is 11.1 Å². The molecular weight excluding hydrogens is 242 g/mol. The number of nitrogens with two attached hydrogens (primary N) is 1. The molecule has 0 aromatic carbocycles. The number of thioether (sulfide) groups is 1. The van der Waals surface area contributed by atoms with Gasteiger partial charge in [-0.3, -0.25) is 10.1 Å². The zero-order chi connectivity index (χ0) is 13.0. The molecule has 0 spiro atoms. The van der Waals surface area contributed by atoms with Crippen LogP contribution in [0.5, 0.6) is 0 Å². The van der Waals surface area contributed by atoms with E-state index in [2.05, 4.69) is 10.2 Å². The Balaban J connectivity index is 2.70. The van der Waals surface area contributed by atoms with Crippen LogP contribution in [0.15, 0.2) is 5.16 Å². The molecule has 1 heterocycles. The second kappa shape index (κ2) is 5.67. The Morgan fingerprint density at radius 3 is 2.71 bits per heavy atom. The fourth-order valence-corrected chi connectivity index (χ4v) is 2.21. The lowest BCUT2D eigenvalue weighted by Crippen LogP contribution is -2.39. The molecule has 0 saturated heterocycles. The molecule has 8 heteroatoms. The van der Waals surface area contributed by atoms with Crippen molar-refractivity contribution < 1.29 is 9.59 Å². The molecule has 0 aliphatic heterocycles. The maximum atomic E-state index is 11.5. The van der Waals surface area contributed by atoms with E-state index in [1.165, 1.54) is 11.8 Å². The van der Waals surface area contributed by atoms with E-state index in [4.69, 9.17) is 5.73 Å². The highest BCUT2D eigenvalue weighted by Crippen LogP contribution is 2.21. The van der Waals surface area contributed by atoms with Crippen LogP contribution in [0.25, 0.3) is 0 Å². The minimum atomic E-state index is -0.851. The summed E-state index contributed by atoms with van der Waals surface area (Å²) in [6.07, 6.45) is 0. The van der Waals surface area contributed by atoms with Gasteiger partial charge in [-0.2, -0.15) is 0 Å². The van der Waals surface area contributed by atoms with E-state index in [9.17, 15) is 9.59 Å². The van der Waals surface area contributed by atoms with Crippen molar-refractivity contribution in [3.63, 3.8) is 0 Å². The lowest BCUT2D eigenvalue weighted by molar-refractivity contribution is -0.119. The van der Waals surface area contributed by atoms with E-state index in [0.29, 0.717) is 5.16 Å². The third-order valence-corrected chi connectivity index (χ3v) is 3.20. The molecule has 0 aliphatic rings. The maximum Gasteiger partial charge on any atom is 0.318 e. The van der Waals surface area contributed by atoms with Crippen LogP contribution in [0.2, 0.25) is 0 Å². The number of aryl methyl sites for hydroxylation is 1. The number of nitrogens with one attached hydrogen (secondary N) is 1. The smallest absolute Gasteiger partial charge is 0.318 e. The van der Waals surface area contributed by atoms with Crippen molar-refractivity contribution >= 4 is 23.7 Å². The third-order valence-electron chi connectivity index (χ3n) is 2.12. The summed E-state index contributed by atoms with van der Waals surface area (Å²) >= 11 is 1.24. The Bertz CT molecular complexity index is 431. The molecule has 0 radical (unpaired) electrons. The van der Waals surface area contributed by atoms with Gasteiger partial charge in [0, 0.05) is 6.54 Å². The first-order chi connectivity index (χ1) is 7.95. The van der Waals surface area contributed by atoms with Gasteiger partial charge in [0.2, 0.25) is 5.91 Å². The molecule has 1 aromatic rings. The van der Waals surface area contributed by atoms with E-state index < -0.39 is 17.2 Å². The standard InChI is InChI=1S/C9H15N5O2S/c1-4-14-6(3)12-13-9(14)17-5(2)7(15)11-8(10)16/h5H,4H2,1-3H3,(H3,10,11,15,16). The molecule has 1 rings (SSSR count). The third kappa shape index (κ3) is 3.45. The number of urea groups is 1. The molecular formula is C9H15N5O2S. The summed E-state index contributed by atoms with van der Waals surface area (Å²) in [5, 5.41) is 10.1. The minimum absolute atomic E-state index is 0.439. The van der Waals surface area contributed by atoms with Gasteiger partial charge in [0.1, 0.15) is 5.82 Å². The summed E-state index contributed by atoms with van der Waals surface area (Å²) in [5.74, 6) is 0.350. The number of primary amides is 1. The zero-order valence-electron chi connectivity index (χ0n) is 9.93. The highest BCUT2D eigenvalue weighted by atomic mass is 32.2. The van der Waals surface area contributed by atoms with Crippen molar-refractivity contribution in [1.82, 2.24) is 20.1 Å². The first kappa shape index (κ1) is 13.5. The van der Waals surface area contributed by atoms with Crippen molar-refractivity contribution in [3.8, 4) is 0 Å². The Morgan fingerprint density at radius 2 is 2.18 bits per heavy atom. The summed E-state index contributed by atoms with van der Waals surface area (Å²) in [5.41, 5.74) is 4.87. The van der Waals surface area contributed by atoms with Gasteiger partial charge in [-0.1, -0.05) is 11.8 Å². The molecule has 3 N–H and O–H groups in total. The van der Waals surface area contributed by atoms with E-state index in [0.717, 1.165) is 12.4 Å². The van der Waals surface area contributed by atoms with Crippen LogP contribution >= 0.6 is 11.8 Å². The topological polar surface area (TPSA) is 103 Å². The summed E-state index contributed by atoms with van der Waals surface area (Å²) < 4.78 is 1.89. The molecule has 0 fully saturated rings. The second-order valence-electron chi connectivity index (χ2n) is 3.39. The number of rotatable bonds is 4. The van der Waals surface area contributed by atoms with Gasteiger partial charge in [-0.25, -0.2) is 4.79 Å². The van der Waals surface area contributed by atoms with Crippen LogP contribution in [0, 0.1) is 6.92 Å². The van der Waals surface area contributed by atoms with Gasteiger partial charge in [0.05, 0.1) is 5.25 Å². The number of hydrogen-bond donors (Lipinski definition) is 2. The quantitative estimate of drug-likeness (QED) is 0.754. The van der Waals surface area contributed by atoms with Crippen molar-refractivity contribution in [2.45, 2.75) is 37.7 Å². The number of carbonyl (C=O) groups excluding carboxylic acids is 2. The second-order valence-corrected chi connectivity index (χ2v) is 4.70. The Morgan fingerprint density at radius 1 is 1.53 bits per heavy atom. The monoisotopic (exact) mass is 257 g/mol. The van der Waals surface area contributed by atoms with Crippen LogP contribution in [0.3, 0.4) is 0 Å². The van der Waals surface area contributed by atoms with Crippen LogP contribution in [0.4, 0.5) is 4.79 Å². The summed E-state index contributed by atoms with van der Waals surface area (Å²) in [6, 6.07) is -0.851. The molecule has 3 amide bonds. The average Bonchev–Trinajstić information content (AvgIpc) is 2.58. The molecule has 1 aromatic heterocycles. The van der Waals surface area contributed by atoms with Gasteiger partial charge < -0.3 is 10.3 Å². The first-order valence-corrected chi connectivity index (χ1v) is 6.00. The lowest BCUT2D eigenvalue weighted by atomic mass is 10.4. The van der Waals surface area contributed by atoms with Crippen molar-refractivity contribution in [2.24, 2.45) is 5.73 Å². The predicted octanol–water partition coefficient (Wildman–Crippen LogP) is 0.282. The van der Waals surface area contributed by atoms with Crippen LogP contribution in [-0.2, 0) is 11.3 Å². The van der Waals surface area contributed by atoms with E-state index >= 15 is 0 Å². The van der Waals surface area contributed by atoms with Crippen LogP contribution in [0.1, 0.15) is 19.7 Å². The normalized spacial score (nSPS) is 12.2. The summed E-state index contributed by atoms with van der Waals surface area (Å²) in [7, 11) is 0. The number of nitrogens with zero attached hydrogens (tertiary/aromatic N) is 3. The van der Waals surface area contributed by atoms with Gasteiger partial charge in [-0.05, 0) is 20.8 Å². The average molecular weight is 257 g/mol. The largest absolute Gasteiger partial charge is 0.351 e. The van der Waals surface area contributed by atoms with E-state index in [1.807, 2.05) is 23.7 Å². The van der Waals surface area contributed by atoms with Crippen molar-refractivity contribution in [2.75, 3.05) is 0 Å². The van der Waals surface area contributed by atoms with Gasteiger partial charge >= 0.3 is 6.03 Å². The number of hydrogen-bond acceptors (Lipinski definition) is 5. The van der Waals surface area contributed by atoms with Crippen molar-refractivity contribution in [3.05, 3.63) is 5.82 Å². The van der Waals surface area contributed by atoms with Gasteiger partial charge in [-0.15, -0.1) is 10.2 Å². The molecule has 17 heavy (non-hydrogen) atoms. The molecule has 0 aliphatic carbocycles. The number of aromatic nitrogens is 3. The SMILES string of the molecule is CCn1c(C)nnc1SC(C)C(=O)NC(N)=O. The fourth-order valence-electron chi connectivity index (χ4n) is 1.25. The molecule has 94 valence electrons. The first-order valence-electron chi connectivity index (χ1n) is 5.12. The lowest BCUT2D eigenvalue weighted by Gasteiger charge is -2.10. The number of amides is 3. The van der Waals surface area contributed by atoms with E-state index in [1.54, 1.807) is 6.92 Å². The number of carbonyl (C=O) groups is 2. The molecule has 0 saturated carbocycles. The summed E-state index contributed by atoms with van der Waals surface area (Å²) in [4.78, 5) is 22.0. The molecule has 1 unspecified atom stereocenters. The highest BCUT2D eigenvalue weighted by Gasteiger charge is 2.19. The number of imide groups is 1. The van der Waals surface area contributed by atoms with Gasteiger partial charge in [0.15, 0.2) is 5.16 Å².